The van der Waals surface area contributed by atoms with Crippen LogP contribution in [0.15, 0.2) is 41.5 Å². The van der Waals surface area contributed by atoms with Gasteiger partial charge in [0, 0.05) is 31.0 Å². The number of nitrogens with two attached hydrogens (primary N) is 1. The molecule has 1 aromatic carbocycles. The molecule has 1 heterocycles. The molecule has 0 spiro atoms. The highest BCUT2D eigenvalue weighted by Crippen LogP contribution is 2.33. The first-order valence-corrected chi connectivity index (χ1v) is 6.84. The second-order valence-corrected chi connectivity index (χ2v) is 5.18. The van der Waals surface area contributed by atoms with E-state index in [1.165, 1.54) is 0 Å². The van der Waals surface area contributed by atoms with E-state index in [4.69, 9.17) is 11.1 Å². The summed E-state index contributed by atoms with van der Waals surface area (Å²) in [7, 11) is 1.77. The molecular formula is C15H17N5O. The van der Waals surface area contributed by atoms with Gasteiger partial charge < -0.3 is 15.2 Å². The zero-order valence-corrected chi connectivity index (χ0v) is 11.8. The van der Waals surface area contributed by atoms with E-state index in [1.807, 2.05) is 18.2 Å². The third-order valence-corrected chi connectivity index (χ3v) is 3.66. The second kappa shape index (κ2) is 5.05. The van der Waals surface area contributed by atoms with Crippen molar-refractivity contribution in [3.63, 3.8) is 0 Å². The summed E-state index contributed by atoms with van der Waals surface area (Å²) >= 11 is 0. The molecule has 1 aromatic heterocycles. The van der Waals surface area contributed by atoms with Gasteiger partial charge in [-0.1, -0.05) is 12.1 Å². The Bertz CT molecular complexity index is 748. The van der Waals surface area contributed by atoms with Gasteiger partial charge in [-0.3, -0.25) is 10.2 Å². The molecular weight excluding hydrogens is 266 g/mol. The topological polar surface area (TPSA) is 88.0 Å². The van der Waals surface area contributed by atoms with Crippen molar-refractivity contribution in [2.45, 2.75) is 18.9 Å². The van der Waals surface area contributed by atoms with Crippen LogP contribution < -0.4 is 16.2 Å². The van der Waals surface area contributed by atoms with Crippen molar-refractivity contribution in [1.82, 2.24) is 9.55 Å². The molecule has 2 aromatic rings. The van der Waals surface area contributed by atoms with Crippen molar-refractivity contribution >= 4 is 17.3 Å². The number of amidine groups is 1. The number of rotatable bonds is 4. The zero-order chi connectivity index (χ0) is 15.0. The highest BCUT2D eigenvalue weighted by Gasteiger charge is 2.26. The molecule has 0 unspecified atom stereocenters. The second-order valence-electron chi connectivity index (χ2n) is 5.18. The Morgan fingerprint density at radius 1 is 1.43 bits per heavy atom. The third kappa shape index (κ3) is 2.40. The van der Waals surface area contributed by atoms with Gasteiger partial charge in [-0.15, -0.1) is 0 Å². The Labute approximate surface area is 122 Å². The van der Waals surface area contributed by atoms with Crippen molar-refractivity contribution in [1.29, 1.82) is 5.41 Å². The third-order valence-electron chi connectivity index (χ3n) is 3.66. The summed E-state index contributed by atoms with van der Waals surface area (Å²) < 4.78 is 1.73. The van der Waals surface area contributed by atoms with Crippen LogP contribution in [-0.2, 0) is 0 Å². The van der Waals surface area contributed by atoms with E-state index in [0.29, 0.717) is 23.1 Å². The van der Waals surface area contributed by atoms with E-state index >= 15 is 0 Å². The molecule has 6 heteroatoms. The van der Waals surface area contributed by atoms with Crippen molar-refractivity contribution in [3.05, 3.63) is 52.6 Å². The number of para-hydroxylation sites is 1. The molecule has 3 N–H and O–H groups in total. The van der Waals surface area contributed by atoms with Gasteiger partial charge in [-0.25, -0.2) is 4.98 Å². The monoisotopic (exact) mass is 283 g/mol. The lowest BCUT2D eigenvalue weighted by Crippen LogP contribution is -2.28. The van der Waals surface area contributed by atoms with Gasteiger partial charge in [-0.2, -0.15) is 0 Å². The van der Waals surface area contributed by atoms with Crippen LogP contribution in [0.25, 0.3) is 0 Å². The van der Waals surface area contributed by atoms with Gasteiger partial charge in [0.2, 0.25) is 0 Å². The summed E-state index contributed by atoms with van der Waals surface area (Å²) in [6.07, 6.45) is 5.45. The minimum absolute atomic E-state index is 0.0316. The number of hydrogen-bond donors (Lipinski definition) is 2. The zero-order valence-electron chi connectivity index (χ0n) is 11.8. The molecule has 1 aliphatic rings. The molecule has 6 nitrogen and oxygen atoms in total. The average Bonchev–Trinajstić information content (AvgIpc) is 3.31. The van der Waals surface area contributed by atoms with Gasteiger partial charge in [0.05, 0.1) is 5.69 Å². The summed E-state index contributed by atoms with van der Waals surface area (Å²) in [6, 6.07) is 7.55. The van der Waals surface area contributed by atoms with Crippen LogP contribution >= 0.6 is 0 Å². The molecule has 108 valence electrons. The van der Waals surface area contributed by atoms with Crippen molar-refractivity contribution in [2.24, 2.45) is 5.73 Å². The number of nitrogens with zero attached hydrogens (tertiary/aromatic N) is 3. The predicted octanol–water partition coefficient (Wildman–Crippen LogP) is 1.63. The van der Waals surface area contributed by atoms with Crippen LogP contribution in [-0.4, -0.2) is 22.4 Å². The summed E-state index contributed by atoms with van der Waals surface area (Å²) in [4.78, 5) is 18.4. The van der Waals surface area contributed by atoms with Gasteiger partial charge in [0.25, 0.3) is 5.56 Å². The number of hydrogen-bond acceptors (Lipinski definition) is 4. The van der Waals surface area contributed by atoms with Crippen molar-refractivity contribution in [2.75, 3.05) is 11.9 Å². The van der Waals surface area contributed by atoms with E-state index in [-0.39, 0.29) is 11.4 Å². The molecule has 0 atom stereocenters. The highest BCUT2D eigenvalue weighted by molar-refractivity contribution is 6.01. The summed E-state index contributed by atoms with van der Waals surface area (Å²) in [5.41, 5.74) is 6.78. The van der Waals surface area contributed by atoms with Crippen LogP contribution in [0.1, 0.15) is 24.4 Å². The Balaban J connectivity index is 2.07. The molecule has 0 amide bonds. The van der Waals surface area contributed by atoms with Gasteiger partial charge in [-0.05, 0) is 25.0 Å². The van der Waals surface area contributed by atoms with Gasteiger partial charge in [0.1, 0.15) is 5.84 Å². The quantitative estimate of drug-likeness (QED) is 0.659. The lowest BCUT2D eigenvalue weighted by atomic mass is 10.1. The molecule has 1 saturated carbocycles. The summed E-state index contributed by atoms with van der Waals surface area (Å²) in [5.74, 6) is 0.314. The highest BCUT2D eigenvalue weighted by atomic mass is 16.1. The lowest BCUT2D eigenvalue weighted by molar-refractivity contribution is 0.697. The fourth-order valence-corrected chi connectivity index (χ4v) is 2.39. The first kappa shape index (κ1) is 13.4. The van der Waals surface area contributed by atoms with E-state index in [9.17, 15) is 4.79 Å². The summed E-state index contributed by atoms with van der Waals surface area (Å²) in [6.45, 7) is 0. The Hall–Kier alpha value is -2.63. The molecule has 0 radical (unpaired) electrons. The standard InChI is InChI=1S/C15H17N5O/c1-19(12-5-3-2-4-11(12)13(16)17)14-15(21)20(9-8-18-14)10-6-7-10/h2-5,8-10H,6-7H2,1H3,(H3,16,17). The number of benzene rings is 1. The molecule has 3 rings (SSSR count). The molecule has 0 bridgehead atoms. The fraction of sp³-hybridized carbons (Fsp3) is 0.267. The van der Waals surface area contributed by atoms with Crippen molar-refractivity contribution < 1.29 is 0 Å². The lowest BCUT2D eigenvalue weighted by Gasteiger charge is -2.21. The molecule has 0 saturated heterocycles. The largest absolute Gasteiger partial charge is 0.384 e. The van der Waals surface area contributed by atoms with Crippen molar-refractivity contribution in [3.8, 4) is 0 Å². The smallest absolute Gasteiger partial charge is 0.294 e. The Morgan fingerprint density at radius 2 is 2.14 bits per heavy atom. The molecule has 21 heavy (non-hydrogen) atoms. The normalized spacial score (nSPS) is 14.0. The maximum atomic E-state index is 12.5. The maximum absolute atomic E-state index is 12.5. The number of aromatic nitrogens is 2. The minimum atomic E-state index is -0.110. The first-order chi connectivity index (χ1) is 10.1. The van der Waals surface area contributed by atoms with E-state index in [0.717, 1.165) is 12.8 Å². The SMILES string of the molecule is CN(c1ccccc1C(=N)N)c1nccn(C2CC2)c1=O. The predicted molar refractivity (Wildman–Crippen MR) is 82.3 cm³/mol. The molecule has 1 aliphatic carbocycles. The molecule has 1 fully saturated rings. The number of nitrogen functional groups attached to an aromatic ring is 1. The van der Waals surface area contributed by atoms with Crippen LogP contribution in [0.5, 0.6) is 0 Å². The first-order valence-electron chi connectivity index (χ1n) is 6.84. The maximum Gasteiger partial charge on any atom is 0.294 e. The van der Waals surface area contributed by atoms with E-state index in [1.54, 1.807) is 35.0 Å². The van der Waals surface area contributed by atoms with Crippen LogP contribution in [0.2, 0.25) is 0 Å². The Morgan fingerprint density at radius 3 is 2.81 bits per heavy atom. The fourth-order valence-electron chi connectivity index (χ4n) is 2.39. The average molecular weight is 283 g/mol. The number of nitrogens with one attached hydrogen (secondary N) is 1. The number of anilines is 2. The minimum Gasteiger partial charge on any atom is -0.384 e. The van der Waals surface area contributed by atoms with Crippen LogP contribution in [0, 0.1) is 5.41 Å². The van der Waals surface area contributed by atoms with Crippen LogP contribution in [0.4, 0.5) is 11.5 Å². The van der Waals surface area contributed by atoms with E-state index < -0.39 is 0 Å². The van der Waals surface area contributed by atoms with Gasteiger partial charge in [0.15, 0.2) is 5.82 Å². The van der Waals surface area contributed by atoms with Gasteiger partial charge >= 0.3 is 0 Å². The van der Waals surface area contributed by atoms with E-state index in [2.05, 4.69) is 4.98 Å². The van der Waals surface area contributed by atoms with Crippen LogP contribution in [0.3, 0.4) is 0 Å². The summed E-state index contributed by atoms with van der Waals surface area (Å²) in [5, 5.41) is 7.65. The molecule has 0 aliphatic heterocycles. The Kier molecular flexibility index (Phi) is 3.21.